The van der Waals surface area contributed by atoms with Gasteiger partial charge in [0.25, 0.3) is 5.91 Å². The van der Waals surface area contributed by atoms with Crippen LogP contribution in [0.15, 0.2) is 24.3 Å². The fourth-order valence-electron chi connectivity index (χ4n) is 2.82. The van der Waals surface area contributed by atoms with E-state index in [0.29, 0.717) is 11.6 Å². The van der Waals surface area contributed by atoms with Crippen LogP contribution in [0, 0.1) is 11.8 Å². The third kappa shape index (κ3) is 3.35. The highest BCUT2D eigenvalue weighted by molar-refractivity contribution is 5.93. The molecule has 1 aliphatic rings. The molecule has 104 valence electrons. The van der Waals surface area contributed by atoms with Crippen molar-refractivity contribution in [3.8, 4) is 0 Å². The first-order chi connectivity index (χ1) is 9.11. The van der Waals surface area contributed by atoms with E-state index in [-0.39, 0.29) is 5.91 Å². The van der Waals surface area contributed by atoms with Crippen molar-refractivity contribution in [2.75, 3.05) is 7.05 Å². The standard InChI is InChI=1S/C16H24N2O/c1-11-4-9-15(12(11)2)18-10-13-5-7-14(8-6-13)16(19)17-3/h5-8,11-12,15,18H,4,9-10H2,1-3H3,(H,17,19). The van der Waals surface area contributed by atoms with Crippen molar-refractivity contribution in [1.29, 1.82) is 0 Å². The SMILES string of the molecule is CNC(=O)c1ccc(CNC2CCC(C)C2C)cc1. The highest BCUT2D eigenvalue weighted by atomic mass is 16.1. The lowest BCUT2D eigenvalue weighted by atomic mass is 9.97. The van der Waals surface area contributed by atoms with Gasteiger partial charge < -0.3 is 10.6 Å². The van der Waals surface area contributed by atoms with Crippen LogP contribution in [-0.2, 0) is 6.54 Å². The van der Waals surface area contributed by atoms with E-state index in [9.17, 15) is 4.79 Å². The van der Waals surface area contributed by atoms with E-state index < -0.39 is 0 Å². The molecular formula is C16H24N2O. The molecular weight excluding hydrogens is 236 g/mol. The number of nitrogens with one attached hydrogen (secondary N) is 2. The molecule has 0 aliphatic heterocycles. The topological polar surface area (TPSA) is 41.1 Å². The van der Waals surface area contributed by atoms with Gasteiger partial charge in [-0.25, -0.2) is 0 Å². The van der Waals surface area contributed by atoms with Crippen molar-refractivity contribution >= 4 is 5.91 Å². The van der Waals surface area contributed by atoms with Gasteiger partial charge in [0.2, 0.25) is 0 Å². The number of carbonyl (C=O) groups excluding carboxylic acids is 1. The van der Waals surface area contributed by atoms with Crippen molar-refractivity contribution in [1.82, 2.24) is 10.6 Å². The zero-order chi connectivity index (χ0) is 13.8. The van der Waals surface area contributed by atoms with Gasteiger partial charge in [0.05, 0.1) is 0 Å². The summed E-state index contributed by atoms with van der Waals surface area (Å²) in [5.41, 5.74) is 1.95. The second-order valence-corrected chi connectivity index (χ2v) is 5.68. The van der Waals surface area contributed by atoms with Gasteiger partial charge in [-0.2, -0.15) is 0 Å². The molecule has 1 amide bonds. The molecule has 19 heavy (non-hydrogen) atoms. The molecule has 0 radical (unpaired) electrons. The van der Waals surface area contributed by atoms with E-state index in [1.54, 1.807) is 7.05 Å². The first-order valence-corrected chi connectivity index (χ1v) is 7.16. The number of rotatable bonds is 4. The van der Waals surface area contributed by atoms with E-state index in [4.69, 9.17) is 0 Å². The van der Waals surface area contributed by atoms with Crippen LogP contribution in [-0.4, -0.2) is 19.0 Å². The van der Waals surface area contributed by atoms with Crippen LogP contribution in [0.5, 0.6) is 0 Å². The monoisotopic (exact) mass is 260 g/mol. The zero-order valence-electron chi connectivity index (χ0n) is 12.1. The third-order valence-electron chi connectivity index (χ3n) is 4.48. The molecule has 3 unspecified atom stereocenters. The van der Waals surface area contributed by atoms with Gasteiger partial charge >= 0.3 is 0 Å². The summed E-state index contributed by atoms with van der Waals surface area (Å²) in [5, 5.41) is 6.27. The van der Waals surface area contributed by atoms with E-state index in [2.05, 4.69) is 24.5 Å². The Bertz CT molecular complexity index is 427. The molecule has 2 N–H and O–H groups in total. The van der Waals surface area contributed by atoms with E-state index in [0.717, 1.165) is 18.4 Å². The number of benzene rings is 1. The maximum Gasteiger partial charge on any atom is 0.251 e. The van der Waals surface area contributed by atoms with Crippen LogP contribution in [0.2, 0.25) is 0 Å². The fourth-order valence-corrected chi connectivity index (χ4v) is 2.82. The van der Waals surface area contributed by atoms with Gasteiger partial charge in [0.15, 0.2) is 0 Å². The number of hydrogen-bond donors (Lipinski definition) is 2. The van der Waals surface area contributed by atoms with Gasteiger partial charge in [-0.1, -0.05) is 26.0 Å². The Balaban J connectivity index is 1.88. The van der Waals surface area contributed by atoms with Crippen molar-refractivity contribution in [3.63, 3.8) is 0 Å². The van der Waals surface area contributed by atoms with Gasteiger partial charge in [0.1, 0.15) is 0 Å². The molecule has 0 saturated heterocycles. The lowest BCUT2D eigenvalue weighted by Crippen LogP contribution is -2.31. The smallest absolute Gasteiger partial charge is 0.251 e. The fraction of sp³-hybridized carbons (Fsp3) is 0.562. The lowest BCUT2D eigenvalue weighted by molar-refractivity contribution is 0.0963. The van der Waals surface area contributed by atoms with Crippen molar-refractivity contribution in [2.45, 2.75) is 39.3 Å². The maximum atomic E-state index is 11.4. The molecule has 1 saturated carbocycles. The second kappa shape index (κ2) is 6.20. The Morgan fingerprint density at radius 3 is 2.42 bits per heavy atom. The Morgan fingerprint density at radius 1 is 1.21 bits per heavy atom. The molecule has 1 aliphatic carbocycles. The van der Waals surface area contributed by atoms with Crippen LogP contribution < -0.4 is 10.6 Å². The molecule has 0 heterocycles. The molecule has 3 atom stereocenters. The molecule has 1 aromatic rings. The first kappa shape index (κ1) is 14.1. The predicted molar refractivity (Wildman–Crippen MR) is 78.0 cm³/mol. The summed E-state index contributed by atoms with van der Waals surface area (Å²) in [6.45, 7) is 5.56. The normalized spacial score (nSPS) is 26.4. The minimum Gasteiger partial charge on any atom is -0.355 e. The molecule has 3 heteroatoms. The Kier molecular flexibility index (Phi) is 4.59. The molecule has 0 aromatic heterocycles. The highest BCUT2D eigenvalue weighted by Gasteiger charge is 2.28. The summed E-state index contributed by atoms with van der Waals surface area (Å²) in [5.74, 6) is 1.55. The summed E-state index contributed by atoms with van der Waals surface area (Å²) >= 11 is 0. The Morgan fingerprint density at radius 2 is 1.89 bits per heavy atom. The second-order valence-electron chi connectivity index (χ2n) is 5.68. The zero-order valence-corrected chi connectivity index (χ0v) is 12.1. The minimum absolute atomic E-state index is 0.0299. The quantitative estimate of drug-likeness (QED) is 0.873. The van der Waals surface area contributed by atoms with Crippen LogP contribution >= 0.6 is 0 Å². The van der Waals surface area contributed by atoms with Crippen LogP contribution in [0.3, 0.4) is 0 Å². The summed E-state index contributed by atoms with van der Waals surface area (Å²) in [4.78, 5) is 11.4. The predicted octanol–water partition coefficient (Wildman–Crippen LogP) is 2.57. The average Bonchev–Trinajstić information content (AvgIpc) is 2.76. The van der Waals surface area contributed by atoms with Gasteiger partial charge in [0, 0.05) is 25.2 Å². The molecule has 1 aromatic carbocycles. The molecule has 0 bridgehead atoms. The number of amides is 1. The molecule has 0 spiro atoms. The molecule has 3 nitrogen and oxygen atoms in total. The van der Waals surface area contributed by atoms with Crippen molar-refractivity contribution in [2.24, 2.45) is 11.8 Å². The van der Waals surface area contributed by atoms with Crippen molar-refractivity contribution < 1.29 is 4.79 Å². The lowest BCUT2D eigenvalue weighted by Gasteiger charge is -2.19. The average molecular weight is 260 g/mol. The summed E-state index contributed by atoms with van der Waals surface area (Å²) < 4.78 is 0. The van der Waals surface area contributed by atoms with E-state index >= 15 is 0 Å². The molecule has 2 rings (SSSR count). The van der Waals surface area contributed by atoms with Crippen LogP contribution in [0.1, 0.15) is 42.6 Å². The Labute approximate surface area is 115 Å². The van der Waals surface area contributed by atoms with Crippen LogP contribution in [0.4, 0.5) is 0 Å². The largest absolute Gasteiger partial charge is 0.355 e. The first-order valence-electron chi connectivity index (χ1n) is 7.16. The molecule has 1 fully saturated rings. The van der Waals surface area contributed by atoms with Crippen molar-refractivity contribution in [3.05, 3.63) is 35.4 Å². The summed E-state index contributed by atoms with van der Waals surface area (Å²) in [6.07, 6.45) is 2.60. The number of hydrogen-bond acceptors (Lipinski definition) is 2. The Hall–Kier alpha value is -1.35. The maximum absolute atomic E-state index is 11.4. The van der Waals surface area contributed by atoms with E-state index in [1.807, 2.05) is 24.3 Å². The van der Waals surface area contributed by atoms with Gasteiger partial charge in [-0.15, -0.1) is 0 Å². The number of carbonyl (C=O) groups is 1. The van der Waals surface area contributed by atoms with Gasteiger partial charge in [-0.3, -0.25) is 4.79 Å². The van der Waals surface area contributed by atoms with Crippen LogP contribution in [0.25, 0.3) is 0 Å². The van der Waals surface area contributed by atoms with Gasteiger partial charge in [-0.05, 0) is 42.4 Å². The minimum atomic E-state index is -0.0299. The third-order valence-corrected chi connectivity index (χ3v) is 4.48. The van der Waals surface area contributed by atoms with E-state index in [1.165, 1.54) is 18.4 Å². The summed E-state index contributed by atoms with van der Waals surface area (Å²) in [7, 11) is 1.65. The summed E-state index contributed by atoms with van der Waals surface area (Å²) in [6, 6.07) is 8.46. The highest BCUT2D eigenvalue weighted by Crippen LogP contribution is 2.31.